The average molecular weight is 415 g/mol. The van der Waals surface area contributed by atoms with Gasteiger partial charge in [0.05, 0.1) is 6.20 Å². The van der Waals surface area contributed by atoms with E-state index in [9.17, 15) is 9.18 Å². The van der Waals surface area contributed by atoms with Gasteiger partial charge in [0.25, 0.3) is 5.91 Å². The van der Waals surface area contributed by atoms with Crippen LogP contribution >= 0.6 is 11.6 Å². The summed E-state index contributed by atoms with van der Waals surface area (Å²) in [6.45, 7) is 4.00. The quantitative estimate of drug-likeness (QED) is 0.504. The number of rotatable bonds is 8. The number of halogens is 2. The van der Waals surface area contributed by atoms with E-state index in [0.717, 1.165) is 24.0 Å². The predicted molar refractivity (Wildman–Crippen MR) is 113 cm³/mol. The van der Waals surface area contributed by atoms with E-state index < -0.39 is 0 Å². The number of carbonyl (C=O) groups is 1. The fourth-order valence-corrected chi connectivity index (χ4v) is 3.40. The number of hydrogen-bond acceptors (Lipinski definition) is 3. The van der Waals surface area contributed by atoms with E-state index in [2.05, 4.69) is 17.2 Å². The second kappa shape index (κ2) is 9.70. The van der Waals surface area contributed by atoms with Gasteiger partial charge in [-0.15, -0.1) is 0 Å². The number of hydrogen-bond donors (Lipinski definition) is 1. The molecule has 0 aliphatic carbocycles. The minimum atomic E-state index is -0.309. The average Bonchev–Trinajstić information content (AvgIpc) is 3.20. The van der Waals surface area contributed by atoms with Crippen molar-refractivity contribution >= 4 is 17.5 Å². The van der Waals surface area contributed by atoms with E-state index in [-0.39, 0.29) is 23.5 Å². The van der Waals surface area contributed by atoms with E-state index in [0.29, 0.717) is 29.3 Å². The fraction of sp³-hybridized carbons (Fsp3) is 0.304. The second-order valence-electron chi connectivity index (χ2n) is 6.96. The van der Waals surface area contributed by atoms with Gasteiger partial charge in [0.1, 0.15) is 5.82 Å². The summed E-state index contributed by atoms with van der Waals surface area (Å²) in [6, 6.07) is 12.1. The van der Waals surface area contributed by atoms with Gasteiger partial charge in [-0.3, -0.25) is 4.79 Å². The van der Waals surface area contributed by atoms with Gasteiger partial charge in [0.2, 0.25) is 5.76 Å². The number of oxazole rings is 1. The van der Waals surface area contributed by atoms with E-state index in [1.807, 2.05) is 31.2 Å². The highest BCUT2D eigenvalue weighted by Crippen LogP contribution is 2.26. The molecule has 0 saturated heterocycles. The summed E-state index contributed by atoms with van der Waals surface area (Å²) < 4.78 is 19.5. The SMILES string of the molecule is CCC[C@@H](Cc1ccc(-c2cc(Cl)ccc2F)cc1)NC(=O)c1cnc(CC)o1. The molecule has 0 aliphatic rings. The Kier molecular flexibility index (Phi) is 7.04. The molecule has 0 bridgehead atoms. The minimum absolute atomic E-state index is 0.0311. The topological polar surface area (TPSA) is 55.1 Å². The number of nitrogens with one attached hydrogen (secondary N) is 1. The summed E-state index contributed by atoms with van der Waals surface area (Å²) in [7, 11) is 0. The molecule has 0 radical (unpaired) electrons. The third kappa shape index (κ3) is 5.45. The van der Waals surface area contributed by atoms with Gasteiger partial charge in [0, 0.05) is 23.0 Å². The van der Waals surface area contributed by atoms with Crippen molar-refractivity contribution in [1.29, 1.82) is 0 Å². The molecule has 4 nitrogen and oxygen atoms in total. The lowest BCUT2D eigenvalue weighted by atomic mass is 9.98. The van der Waals surface area contributed by atoms with Crippen LogP contribution in [0.2, 0.25) is 5.02 Å². The molecule has 0 unspecified atom stereocenters. The first-order valence-corrected chi connectivity index (χ1v) is 10.2. The Morgan fingerprint density at radius 1 is 1.21 bits per heavy atom. The van der Waals surface area contributed by atoms with Crippen LogP contribution in [-0.4, -0.2) is 16.9 Å². The molecule has 0 spiro atoms. The van der Waals surface area contributed by atoms with Crippen molar-refractivity contribution in [3.8, 4) is 11.1 Å². The predicted octanol–water partition coefficient (Wildman–Crippen LogP) is 5.84. The number of benzene rings is 2. The first kappa shape index (κ1) is 21.1. The molecule has 1 heterocycles. The molecule has 1 amide bonds. The Morgan fingerprint density at radius 2 is 1.97 bits per heavy atom. The number of aromatic nitrogens is 1. The number of aryl methyl sites for hydroxylation is 1. The van der Waals surface area contributed by atoms with Gasteiger partial charge in [-0.2, -0.15) is 0 Å². The van der Waals surface area contributed by atoms with Gasteiger partial charge < -0.3 is 9.73 Å². The Labute approximate surface area is 175 Å². The number of carbonyl (C=O) groups excluding carboxylic acids is 1. The van der Waals surface area contributed by atoms with Crippen molar-refractivity contribution in [2.75, 3.05) is 0 Å². The lowest BCUT2D eigenvalue weighted by Crippen LogP contribution is -2.36. The van der Waals surface area contributed by atoms with Crippen molar-refractivity contribution in [1.82, 2.24) is 10.3 Å². The van der Waals surface area contributed by atoms with Gasteiger partial charge in [0.15, 0.2) is 5.89 Å². The number of nitrogens with zero attached hydrogens (tertiary/aromatic N) is 1. The molecular weight excluding hydrogens is 391 g/mol. The Hall–Kier alpha value is -2.66. The van der Waals surface area contributed by atoms with E-state index in [4.69, 9.17) is 16.0 Å². The van der Waals surface area contributed by atoms with Crippen LogP contribution in [0.1, 0.15) is 48.7 Å². The lowest BCUT2D eigenvalue weighted by Gasteiger charge is -2.18. The normalized spacial score (nSPS) is 12.0. The molecule has 3 aromatic rings. The third-order valence-corrected chi connectivity index (χ3v) is 4.96. The van der Waals surface area contributed by atoms with Crippen LogP contribution in [0.15, 0.2) is 53.1 Å². The van der Waals surface area contributed by atoms with Gasteiger partial charge in [-0.1, -0.05) is 56.1 Å². The smallest absolute Gasteiger partial charge is 0.288 e. The Morgan fingerprint density at radius 3 is 2.62 bits per heavy atom. The third-order valence-electron chi connectivity index (χ3n) is 4.73. The van der Waals surface area contributed by atoms with Crippen LogP contribution in [0.4, 0.5) is 4.39 Å². The summed E-state index contributed by atoms with van der Waals surface area (Å²) >= 11 is 5.99. The molecule has 0 saturated carbocycles. The van der Waals surface area contributed by atoms with Crippen molar-refractivity contribution in [3.63, 3.8) is 0 Å². The second-order valence-corrected chi connectivity index (χ2v) is 7.39. The van der Waals surface area contributed by atoms with Crippen molar-refractivity contribution < 1.29 is 13.6 Å². The number of amides is 1. The van der Waals surface area contributed by atoms with Crippen molar-refractivity contribution in [2.24, 2.45) is 0 Å². The molecule has 1 atom stereocenters. The maximum Gasteiger partial charge on any atom is 0.288 e. The Balaban J connectivity index is 1.70. The summed E-state index contributed by atoms with van der Waals surface area (Å²) in [6.07, 6.45) is 4.56. The van der Waals surface area contributed by atoms with E-state index >= 15 is 0 Å². The first-order valence-electron chi connectivity index (χ1n) is 9.80. The molecule has 152 valence electrons. The van der Waals surface area contributed by atoms with E-state index in [1.165, 1.54) is 18.3 Å². The van der Waals surface area contributed by atoms with Crippen molar-refractivity contribution in [2.45, 2.75) is 45.6 Å². The molecule has 1 N–H and O–H groups in total. The maximum absolute atomic E-state index is 14.1. The van der Waals surface area contributed by atoms with Gasteiger partial charge in [-0.25, -0.2) is 9.37 Å². The van der Waals surface area contributed by atoms with Crippen LogP contribution in [0.3, 0.4) is 0 Å². The highest BCUT2D eigenvalue weighted by Gasteiger charge is 2.17. The van der Waals surface area contributed by atoms with Crippen LogP contribution in [0.25, 0.3) is 11.1 Å². The monoisotopic (exact) mass is 414 g/mol. The Bertz CT molecular complexity index is 969. The zero-order valence-corrected chi connectivity index (χ0v) is 17.3. The summed E-state index contributed by atoms with van der Waals surface area (Å²) in [4.78, 5) is 16.5. The molecule has 0 aliphatic heterocycles. The van der Waals surface area contributed by atoms with Crippen LogP contribution in [0, 0.1) is 5.82 Å². The molecule has 3 rings (SSSR count). The van der Waals surface area contributed by atoms with Gasteiger partial charge >= 0.3 is 0 Å². The molecular formula is C23H24ClFN2O2. The highest BCUT2D eigenvalue weighted by atomic mass is 35.5. The summed E-state index contributed by atoms with van der Waals surface area (Å²) in [5, 5.41) is 3.53. The fourth-order valence-electron chi connectivity index (χ4n) is 3.23. The van der Waals surface area contributed by atoms with Crippen LogP contribution in [-0.2, 0) is 12.8 Å². The molecule has 29 heavy (non-hydrogen) atoms. The minimum Gasteiger partial charge on any atom is -0.436 e. The largest absolute Gasteiger partial charge is 0.436 e. The molecule has 1 aromatic heterocycles. The molecule has 0 fully saturated rings. The van der Waals surface area contributed by atoms with E-state index in [1.54, 1.807) is 6.07 Å². The highest BCUT2D eigenvalue weighted by molar-refractivity contribution is 6.30. The van der Waals surface area contributed by atoms with Crippen LogP contribution in [0.5, 0.6) is 0 Å². The molecule has 2 aromatic carbocycles. The maximum atomic E-state index is 14.1. The zero-order valence-electron chi connectivity index (χ0n) is 16.5. The van der Waals surface area contributed by atoms with Crippen LogP contribution < -0.4 is 5.32 Å². The van der Waals surface area contributed by atoms with Gasteiger partial charge in [-0.05, 0) is 42.2 Å². The molecule has 6 heteroatoms. The standard InChI is InChI=1S/C23H24ClFN2O2/c1-3-5-18(27-23(28)21-14-26-22(4-2)29-21)12-15-6-8-16(9-7-15)19-13-17(24)10-11-20(19)25/h6-11,13-14,18H,3-5,12H2,1-2H3,(H,27,28)/t18-/m0/s1. The zero-order chi connectivity index (χ0) is 20.8. The summed E-state index contributed by atoms with van der Waals surface area (Å²) in [5.41, 5.74) is 2.29. The lowest BCUT2D eigenvalue weighted by molar-refractivity contribution is 0.0905. The van der Waals surface area contributed by atoms with Crippen molar-refractivity contribution in [3.05, 3.63) is 76.7 Å². The first-order chi connectivity index (χ1) is 14.0. The summed E-state index contributed by atoms with van der Waals surface area (Å²) in [5.74, 6) is 0.214.